The van der Waals surface area contributed by atoms with E-state index in [1.54, 1.807) is 48.5 Å². The summed E-state index contributed by atoms with van der Waals surface area (Å²) in [6.07, 6.45) is 0. The van der Waals surface area contributed by atoms with E-state index in [0.29, 0.717) is 12.4 Å². The summed E-state index contributed by atoms with van der Waals surface area (Å²) < 4.78 is 10.5. The Labute approximate surface area is 129 Å². The topological polar surface area (TPSA) is 52.6 Å². The van der Waals surface area contributed by atoms with E-state index in [1.807, 2.05) is 19.9 Å². The molecule has 22 heavy (non-hydrogen) atoms. The van der Waals surface area contributed by atoms with Crippen LogP contribution in [0.1, 0.15) is 34.6 Å². The fourth-order valence-corrected chi connectivity index (χ4v) is 1.81. The van der Waals surface area contributed by atoms with Gasteiger partial charge in [-0.2, -0.15) is 0 Å². The fraction of sp³-hybridized carbons (Fsp3) is 0.222. The summed E-state index contributed by atoms with van der Waals surface area (Å²) in [6.45, 7) is 4.20. The molecular weight excluding hydrogens is 280 g/mol. The lowest BCUT2D eigenvalue weighted by Crippen LogP contribution is -2.17. The first kappa shape index (κ1) is 15.8. The van der Waals surface area contributed by atoms with Crippen LogP contribution < -0.4 is 4.74 Å². The molecule has 0 N–H and O–H groups in total. The molecule has 0 aliphatic carbocycles. The number of benzene rings is 2. The number of ether oxygens (including phenoxy) is 2. The van der Waals surface area contributed by atoms with Crippen LogP contribution in [0.15, 0.2) is 54.6 Å². The summed E-state index contributed by atoms with van der Waals surface area (Å²) in [5, 5.41) is 0. The molecule has 4 heteroatoms. The molecule has 0 saturated heterocycles. The maximum atomic E-state index is 12.2. The van der Waals surface area contributed by atoms with Crippen LogP contribution >= 0.6 is 0 Å². The summed E-state index contributed by atoms with van der Waals surface area (Å²) in [6, 6.07) is 15.2. The van der Waals surface area contributed by atoms with E-state index in [2.05, 4.69) is 0 Å². The highest BCUT2D eigenvalue weighted by molar-refractivity contribution is 6.03. The van der Waals surface area contributed by atoms with Crippen molar-refractivity contribution in [3.05, 3.63) is 65.7 Å². The molecule has 0 aliphatic rings. The molecule has 0 spiro atoms. The van der Waals surface area contributed by atoms with Gasteiger partial charge in [0.25, 0.3) is 0 Å². The van der Waals surface area contributed by atoms with E-state index in [4.69, 9.17) is 9.47 Å². The van der Waals surface area contributed by atoms with Gasteiger partial charge in [-0.1, -0.05) is 44.2 Å². The molecule has 2 aromatic carbocycles. The average molecular weight is 298 g/mol. The van der Waals surface area contributed by atoms with E-state index in [0.717, 1.165) is 0 Å². The second-order valence-electron chi connectivity index (χ2n) is 5.24. The second-order valence-corrected chi connectivity index (χ2v) is 5.24. The summed E-state index contributed by atoms with van der Waals surface area (Å²) in [7, 11) is 0. The van der Waals surface area contributed by atoms with Gasteiger partial charge >= 0.3 is 11.9 Å². The molecule has 2 rings (SSSR count). The molecule has 0 amide bonds. The van der Waals surface area contributed by atoms with Crippen LogP contribution in [0.3, 0.4) is 0 Å². The van der Waals surface area contributed by atoms with Crippen molar-refractivity contribution in [2.75, 3.05) is 6.61 Å². The van der Waals surface area contributed by atoms with Gasteiger partial charge in [0.15, 0.2) is 0 Å². The van der Waals surface area contributed by atoms with E-state index in [1.165, 1.54) is 0 Å². The van der Waals surface area contributed by atoms with E-state index in [9.17, 15) is 9.59 Å². The average Bonchev–Trinajstić information content (AvgIpc) is 2.53. The van der Waals surface area contributed by atoms with Crippen LogP contribution in [-0.4, -0.2) is 18.5 Å². The zero-order valence-electron chi connectivity index (χ0n) is 12.6. The summed E-state index contributed by atoms with van der Waals surface area (Å²) in [5.74, 6) is -0.442. The van der Waals surface area contributed by atoms with Crippen molar-refractivity contribution in [1.82, 2.24) is 0 Å². The maximum absolute atomic E-state index is 12.2. The van der Waals surface area contributed by atoms with Crippen LogP contribution in [0.5, 0.6) is 5.75 Å². The summed E-state index contributed by atoms with van der Waals surface area (Å²) in [5.41, 5.74) is 0.407. The monoisotopic (exact) mass is 298 g/mol. The largest absolute Gasteiger partial charge is 0.462 e. The minimum Gasteiger partial charge on any atom is -0.462 e. The Kier molecular flexibility index (Phi) is 5.31. The fourth-order valence-electron chi connectivity index (χ4n) is 1.81. The Bertz CT molecular complexity index is 647. The van der Waals surface area contributed by atoms with Crippen LogP contribution in [-0.2, 0) is 4.74 Å². The predicted molar refractivity (Wildman–Crippen MR) is 83.0 cm³/mol. The Morgan fingerprint density at radius 2 is 1.41 bits per heavy atom. The number of rotatable bonds is 5. The van der Waals surface area contributed by atoms with Gasteiger partial charge in [0.05, 0.1) is 17.7 Å². The molecule has 0 unspecified atom stereocenters. The Morgan fingerprint density at radius 3 is 2.00 bits per heavy atom. The van der Waals surface area contributed by atoms with Crippen molar-refractivity contribution in [3.63, 3.8) is 0 Å². The van der Waals surface area contributed by atoms with Gasteiger partial charge in [0.2, 0.25) is 0 Å². The van der Waals surface area contributed by atoms with Crippen molar-refractivity contribution in [2.45, 2.75) is 13.8 Å². The van der Waals surface area contributed by atoms with Gasteiger partial charge < -0.3 is 9.47 Å². The molecule has 2 aromatic rings. The molecule has 0 radical (unpaired) electrons. The second kappa shape index (κ2) is 7.41. The highest BCUT2D eigenvalue weighted by Gasteiger charge is 2.19. The van der Waals surface area contributed by atoms with Gasteiger partial charge in [0.1, 0.15) is 5.75 Å². The Hall–Kier alpha value is -2.62. The highest BCUT2D eigenvalue weighted by Crippen LogP contribution is 2.16. The number of hydrogen-bond donors (Lipinski definition) is 0. The van der Waals surface area contributed by atoms with E-state index < -0.39 is 11.9 Å². The number of carbonyl (C=O) groups excluding carboxylic acids is 2. The lowest BCUT2D eigenvalue weighted by molar-refractivity contribution is 0.0452. The Balaban J connectivity index is 2.17. The van der Waals surface area contributed by atoms with Gasteiger partial charge in [-0.3, -0.25) is 0 Å². The van der Waals surface area contributed by atoms with Crippen LogP contribution in [0, 0.1) is 5.92 Å². The third-order valence-corrected chi connectivity index (χ3v) is 2.87. The van der Waals surface area contributed by atoms with E-state index in [-0.39, 0.29) is 17.0 Å². The molecule has 0 bridgehead atoms. The molecule has 0 atom stereocenters. The number of carbonyl (C=O) groups is 2. The SMILES string of the molecule is CC(C)COC(=O)c1ccccc1C(=O)Oc1ccccc1. The first-order valence-electron chi connectivity index (χ1n) is 7.11. The highest BCUT2D eigenvalue weighted by atomic mass is 16.5. The van der Waals surface area contributed by atoms with Crippen LogP contribution in [0.4, 0.5) is 0 Å². The van der Waals surface area contributed by atoms with Crippen molar-refractivity contribution in [3.8, 4) is 5.75 Å². The van der Waals surface area contributed by atoms with Crippen LogP contribution in [0.25, 0.3) is 0 Å². The molecule has 114 valence electrons. The van der Waals surface area contributed by atoms with Crippen molar-refractivity contribution >= 4 is 11.9 Å². The maximum Gasteiger partial charge on any atom is 0.344 e. The lowest BCUT2D eigenvalue weighted by Gasteiger charge is -2.10. The zero-order chi connectivity index (χ0) is 15.9. The van der Waals surface area contributed by atoms with Crippen molar-refractivity contribution in [2.24, 2.45) is 5.92 Å². The summed E-state index contributed by atoms with van der Waals surface area (Å²) in [4.78, 5) is 24.3. The standard InChI is InChI=1S/C18H18O4/c1-13(2)12-21-17(19)15-10-6-7-11-16(15)18(20)22-14-8-4-3-5-9-14/h3-11,13H,12H2,1-2H3. The first-order chi connectivity index (χ1) is 10.6. The molecular formula is C18H18O4. The Morgan fingerprint density at radius 1 is 0.864 bits per heavy atom. The molecule has 0 aliphatic heterocycles. The third kappa shape index (κ3) is 4.19. The molecule has 0 fully saturated rings. The lowest BCUT2D eigenvalue weighted by atomic mass is 10.1. The van der Waals surface area contributed by atoms with Gasteiger partial charge in [-0.25, -0.2) is 9.59 Å². The number of para-hydroxylation sites is 1. The predicted octanol–water partition coefficient (Wildman–Crippen LogP) is 3.72. The molecule has 0 aromatic heterocycles. The van der Waals surface area contributed by atoms with E-state index >= 15 is 0 Å². The van der Waals surface area contributed by atoms with Gasteiger partial charge in [-0.15, -0.1) is 0 Å². The zero-order valence-corrected chi connectivity index (χ0v) is 12.6. The molecule has 4 nitrogen and oxygen atoms in total. The number of hydrogen-bond acceptors (Lipinski definition) is 4. The summed E-state index contributed by atoms with van der Waals surface area (Å²) >= 11 is 0. The first-order valence-corrected chi connectivity index (χ1v) is 7.11. The normalized spacial score (nSPS) is 10.3. The van der Waals surface area contributed by atoms with Gasteiger partial charge in [-0.05, 0) is 30.2 Å². The van der Waals surface area contributed by atoms with Crippen molar-refractivity contribution < 1.29 is 19.1 Å². The molecule has 0 heterocycles. The minimum absolute atomic E-state index is 0.195. The third-order valence-electron chi connectivity index (χ3n) is 2.87. The quantitative estimate of drug-likeness (QED) is 0.623. The van der Waals surface area contributed by atoms with Crippen molar-refractivity contribution in [1.29, 1.82) is 0 Å². The smallest absolute Gasteiger partial charge is 0.344 e. The molecule has 0 saturated carbocycles. The number of esters is 2. The van der Waals surface area contributed by atoms with Gasteiger partial charge in [0, 0.05) is 0 Å². The minimum atomic E-state index is -0.580. The van der Waals surface area contributed by atoms with Crippen LogP contribution in [0.2, 0.25) is 0 Å².